The van der Waals surface area contributed by atoms with Gasteiger partial charge in [0.25, 0.3) is 8.32 Å². The van der Waals surface area contributed by atoms with Crippen LogP contribution < -0.4 is 15.4 Å². The molecule has 7 nitrogen and oxygen atoms in total. The summed E-state index contributed by atoms with van der Waals surface area (Å²) in [6.07, 6.45) is 0.538. The molecular formula is C19H27N3O4Si. The van der Waals surface area contributed by atoms with Crippen LogP contribution in [-0.4, -0.2) is 29.3 Å². The number of aromatic nitrogens is 2. The third kappa shape index (κ3) is 3.22. The number of benzene rings is 1. The Hall–Kier alpha value is -2.35. The van der Waals surface area contributed by atoms with Crippen LogP contribution in [0.25, 0.3) is 11.0 Å². The molecule has 1 atom stereocenters. The van der Waals surface area contributed by atoms with Crippen molar-refractivity contribution in [2.75, 3.05) is 0 Å². The lowest BCUT2D eigenvalue weighted by Gasteiger charge is -2.36. The Morgan fingerprint density at radius 3 is 2.44 bits per heavy atom. The maximum atomic E-state index is 12.9. The van der Waals surface area contributed by atoms with E-state index in [1.165, 1.54) is 9.13 Å². The van der Waals surface area contributed by atoms with Crippen LogP contribution in [0.2, 0.25) is 18.1 Å². The normalized spacial score (nSPS) is 18.7. The van der Waals surface area contributed by atoms with E-state index in [9.17, 15) is 14.4 Å². The van der Waals surface area contributed by atoms with E-state index in [1.54, 1.807) is 7.05 Å². The van der Waals surface area contributed by atoms with Gasteiger partial charge in [-0.15, -0.1) is 0 Å². The van der Waals surface area contributed by atoms with E-state index < -0.39 is 20.3 Å². The molecule has 8 heteroatoms. The van der Waals surface area contributed by atoms with Crippen molar-refractivity contribution >= 4 is 31.2 Å². The lowest BCUT2D eigenvalue weighted by atomic mass is 10.1. The molecule has 1 N–H and O–H groups in total. The highest BCUT2D eigenvalue weighted by Gasteiger charge is 2.40. The van der Waals surface area contributed by atoms with Crippen molar-refractivity contribution in [3.05, 3.63) is 28.7 Å². The summed E-state index contributed by atoms with van der Waals surface area (Å²) in [6.45, 7) is 10.8. The van der Waals surface area contributed by atoms with Crippen molar-refractivity contribution in [2.45, 2.75) is 57.8 Å². The summed E-state index contributed by atoms with van der Waals surface area (Å²) in [6, 6.07) is 4.84. The van der Waals surface area contributed by atoms with Gasteiger partial charge in [0.15, 0.2) is 0 Å². The number of nitrogens with one attached hydrogen (secondary N) is 1. The summed E-state index contributed by atoms with van der Waals surface area (Å²) in [5.74, 6) is -0.0761. The monoisotopic (exact) mass is 389 g/mol. The molecule has 0 saturated carbocycles. The molecule has 1 aliphatic rings. The number of imidazole rings is 1. The van der Waals surface area contributed by atoms with E-state index >= 15 is 0 Å². The van der Waals surface area contributed by atoms with E-state index in [0.717, 1.165) is 0 Å². The highest BCUT2D eigenvalue weighted by molar-refractivity contribution is 6.74. The molecule has 0 aliphatic carbocycles. The Morgan fingerprint density at radius 2 is 1.85 bits per heavy atom. The maximum Gasteiger partial charge on any atom is 0.329 e. The molecule has 1 saturated heterocycles. The SMILES string of the molecule is Cn1c(=O)n(C2CCC(=O)NC2=O)c2cccc(O[Si](C)(C)C(C)(C)C)c21. The summed E-state index contributed by atoms with van der Waals surface area (Å²) >= 11 is 0. The van der Waals surface area contributed by atoms with Crippen molar-refractivity contribution in [1.29, 1.82) is 0 Å². The molecule has 2 amide bonds. The van der Waals surface area contributed by atoms with Crippen LogP contribution in [0.4, 0.5) is 0 Å². The van der Waals surface area contributed by atoms with Crippen LogP contribution in [0.5, 0.6) is 5.75 Å². The van der Waals surface area contributed by atoms with Gasteiger partial charge in [0, 0.05) is 13.5 Å². The molecule has 0 bridgehead atoms. The molecule has 1 unspecified atom stereocenters. The number of nitrogens with zero attached hydrogens (tertiary/aromatic N) is 2. The Kier molecular flexibility index (Phi) is 4.58. The van der Waals surface area contributed by atoms with E-state index in [0.29, 0.717) is 23.2 Å². The molecule has 2 heterocycles. The van der Waals surface area contributed by atoms with Gasteiger partial charge in [0.1, 0.15) is 17.3 Å². The van der Waals surface area contributed by atoms with Gasteiger partial charge in [-0.3, -0.25) is 24.0 Å². The zero-order valence-corrected chi connectivity index (χ0v) is 17.8. The third-order valence-electron chi connectivity index (χ3n) is 5.76. The topological polar surface area (TPSA) is 82.3 Å². The van der Waals surface area contributed by atoms with Gasteiger partial charge < -0.3 is 4.43 Å². The second kappa shape index (κ2) is 6.37. The predicted octanol–water partition coefficient (Wildman–Crippen LogP) is 2.70. The number of hydrogen-bond donors (Lipinski definition) is 1. The number of rotatable bonds is 3. The molecule has 1 aliphatic heterocycles. The summed E-state index contributed by atoms with van der Waals surface area (Å²) < 4.78 is 9.48. The molecule has 3 rings (SSSR count). The molecule has 2 aromatic rings. The van der Waals surface area contributed by atoms with Crippen LogP contribution >= 0.6 is 0 Å². The van der Waals surface area contributed by atoms with Crippen LogP contribution in [-0.2, 0) is 16.6 Å². The average Bonchev–Trinajstić information content (AvgIpc) is 2.79. The Bertz CT molecular complexity index is 981. The minimum Gasteiger partial charge on any atom is -0.542 e. The third-order valence-corrected chi connectivity index (χ3v) is 10.1. The predicted molar refractivity (Wildman–Crippen MR) is 106 cm³/mol. The number of carbonyl (C=O) groups excluding carboxylic acids is 2. The maximum absolute atomic E-state index is 12.9. The van der Waals surface area contributed by atoms with E-state index in [2.05, 4.69) is 39.2 Å². The van der Waals surface area contributed by atoms with Gasteiger partial charge in [-0.05, 0) is 36.7 Å². The second-order valence-corrected chi connectivity index (χ2v) is 13.4. The Balaban J connectivity index is 2.15. The molecule has 1 fully saturated rings. The zero-order chi connectivity index (χ0) is 20.1. The first-order chi connectivity index (χ1) is 12.4. The molecular weight excluding hydrogens is 362 g/mol. The summed E-state index contributed by atoms with van der Waals surface area (Å²) in [7, 11) is -0.419. The van der Waals surface area contributed by atoms with Gasteiger partial charge in [0.2, 0.25) is 11.8 Å². The van der Waals surface area contributed by atoms with Gasteiger partial charge in [-0.2, -0.15) is 0 Å². The van der Waals surface area contributed by atoms with Gasteiger partial charge >= 0.3 is 5.69 Å². The van der Waals surface area contributed by atoms with Crippen molar-refractivity contribution in [1.82, 2.24) is 14.5 Å². The minimum atomic E-state index is -2.10. The molecule has 1 aromatic heterocycles. The number of hydrogen-bond acceptors (Lipinski definition) is 4. The van der Waals surface area contributed by atoms with Crippen molar-refractivity contribution < 1.29 is 14.0 Å². The van der Waals surface area contributed by atoms with Crippen molar-refractivity contribution in [3.63, 3.8) is 0 Å². The minimum absolute atomic E-state index is 0.0141. The number of amides is 2. The fourth-order valence-corrected chi connectivity index (χ4v) is 4.16. The number of para-hydroxylation sites is 1. The number of piperidine rings is 1. The fraction of sp³-hybridized carbons (Fsp3) is 0.526. The second-order valence-electron chi connectivity index (χ2n) is 8.66. The summed E-state index contributed by atoms with van der Waals surface area (Å²) in [5.41, 5.74) is 1.04. The number of aryl methyl sites for hydroxylation is 1. The van der Waals surface area contributed by atoms with Gasteiger partial charge in [0.05, 0.1) is 5.52 Å². The lowest BCUT2D eigenvalue weighted by molar-refractivity contribution is -0.135. The first-order valence-electron chi connectivity index (χ1n) is 9.16. The van der Waals surface area contributed by atoms with E-state index in [1.807, 2.05) is 18.2 Å². The van der Waals surface area contributed by atoms with Crippen LogP contribution in [0.15, 0.2) is 23.0 Å². The molecule has 0 radical (unpaired) electrons. The van der Waals surface area contributed by atoms with Gasteiger partial charge in [-0.25, -0.2) is 4.79 Å². The average molecular weight is 390 g/mol. The largest absolute Gasteiger partial charge is 0.542 e. The van der Waals surface area contributed by atoms with Crippen LogP contribution in [0.3, 0.4) is 0 Å². The summed E-state index contributed by atoms with van der Waals surface area (Å²) in [5, 5.41) is 2.34. The van der Waals surface area contributed by atoms with E-state index in [4.69, 9.17) is 4.43 Å². The van der Waals surface area contributed by atoms with Crippen molar-refractivity contribution in [3.8, 4) is 5.75 Å². The first-order valence-corrected chi connectivity index (χ1v) is 12.1. The Morgan fingerprint density at radius 1 is 1.19 bits per heavy atom. The summed E-state index contributed by atoms with van der Waals surface area (Å²) in [4.78, 5) is 36.7. The zero-order valence-electron chi connectivity index (χ0n) is 16.8. The van der Waals surface area contributed by atoms with Crippen LogP contribution in [0, 0.1) is 0 Å². The quantitative estimate of drug-likeness (QED) is 0.646. The highest BCUT2D eigenvalue weighted by atomic mass is 28.4. The smallest absolute Gasteiger partial charge is 0.329 e. The number of carbonyl (C=O) groups is 2. The molecule has 0 spiro atoms. The Labute approximate surface area is 159 Å². The van der Waals surface area contributed by atoms with E-state index in [-0.39, 0.29) is 23.1 Å². The first kappa shape index (κ1) is 19.4. The van der Waals surface area contributed by atoms with Gasteiger partial charge in [-0.1, -0.05) is 26.8 Å². The molecule has 1 aromatic carbocycles. The van der Waals surface area contributed by atoms with Crippen molar-refractivity contribution in [2.24, 2.45) is 7.05 Å². The number of imide groups is 1. The lowest BCUT2D eigenvalue weighted by Crippen LogP contribution is -2.44. The highest BCUT2D eigenvalue weighted by Crippen LogP contribution is 2.39. The standard InChI is InChI=1S/C19H27N3O4Si/c1-19(2,3)27(5,6)26-14-9-7-8-12-16(14)21(4)18(25)22(12)13-10-11-15(23)20-17(13)24/h7-9,13H,10-11H2,1-6H3,(H,20,23,24). The molecule has 27 heavy (non-hydrogen) atoms. The fourth-order valence-electron chi connectivity index (χ4n) is 3.14. The number of fused-ring (bicyclic) bond motifs is 1. The molecule has 146 valence electrons. The van der Waals surface area contributed by atoms with Crippen LogP contribution in [0.1, 0.15) is 39.7 Å².